The molecule has 12 rings (SSSR count). The molecule has 0 N–H and O–H groups in total. The standard InChI is InChI=1S/C78H90Br2N2/c1-53-33-35-59-29-15-17-31-65(59)73(53)75(5,55(3)47-61(57-25-11-9-12-26-57)49-71-77(43-21-22-44-77)67-51-63(79)37-39-69(67)81(71)7)41-19-20-42-76(6,74-54(2)34-36-60-30-16-18-32-66(60)74)56(4)48-62(58-27-13-10-14-28-58)50-72-78(45-23-24-46-78)68-52-64(80)38-40-70(68)82(72)8/h15-18,29-40,47-52,57-58H,3-4,9-14,19-28,41-46H2,1-2,5-8H3/b61-47-,62-48+,71-49?,72-50?. The van der Waals surface area contributed by atoms with Crippen molar-refractivity contribution in [1.82, 2.24) is 0 Å². The monoisotopic (exact) mass is 1210 g/mol. The molecule has 2 aliphatic heterocycles. The van der Waals surface area contributed by atoms with Gasteiger partial charge in [-0.05, 0) is 216 Å². The van der Waals surface area contributed by atoms with E-state index >= 15 is 0 Å². The van der Waals surface area contributed by atoms with Crippen LogP contribution < -0.4 is 9.80 Å². The third-order valence-corrected chi connectivity index (χ3v) is 23.1. The van der Waals surface area contributed by atoms with Gasteiger partial charge in [-0.2, -0.15) is 0 Å². The molecule has 82 heavy (non-hydrogen) atoms. The van der Waals surface area contributed by atoms with Crippen molar-refractivity contribution in [2.75, 3.05) is 23.9 Å². The third kappa shape index (κ3) is 10.2. The highest BCUT2D eigenvalue weighted by Crippen LogP contribution is 2.59. The van der Waals surface area contributed by atoms with E-state index in [0.717, 1.165) is 25.7 Å². The number of rotatable bonds is 15. The number of allylic oxidation sites excluding steroid dienone is 10. The van der Waals surface area contributed by atoms with Crippen LogP contribution in [0.2, 0.25) is 0 Å². The van der Waals surface area contributed by atoms with E-state index in [1.54, 1.807) is 0 Å². The molecule has 0 amide bonds. The maximum absolute atomic E-state index is 5.28. The van der Waals surface area contributed by atoms with E-state index in [2.05, 4.69) is 217 Å². The second-order valence-electron chi connectivity index (χ2n) is 26.9. The molecule has 4 aliphatic carbocycles. The summed E-state index contributed by atoms with van der Waals surface area (Å²) in [6.45, 7) is 20.4. The lowest BCUT2D eigenvalue weighted by molar-refractivity contribution is 0.404. The fourth-order valence-electron chi connectivity index (χ4n) is 17.6. The first kappa shape index (κ1) is 57.3. The van der Waals surface area contributed by atoms with Gasteiger partial charge in [-0.3, -0.25) is 0 Å². The Morgan fingerprint density at radius 3 is 1.28 bits per heavy atom. The molecule has 4 fully saturated rings. The van der Waals surface area contributed by atoms with Crippen molar-refractivity contribution < 1.29 is 0 Å². The molecule has 4 saturated carbocycles. The van der Waals surface area contributed by atoms with Crippen molar-refractivity contribution in [1.29, 1.82) is 0 Å². The average molecular weight is 1220 g/mol. The summed E-state index contributed by atoms with van der Waals surface area (Å²) in [7, 11) is 4.68. The zero-order chi connectivity index (χ0) is 57.0. The number of likely N-dealkylation sites (N-methyl/N-ethyl adjacent to an activating group) is 2. The van der Waals surface area contributed by atoms with Gasteiger partial charge in [0.1, 0.15) is 0 Å². The number of fused-ring (bicyclic) bond motifs is 6. The molecular formula is C78H90Br2N2. The molecule has 6 aromatic rings. The van der Waals surface area contributed by atoms with Crippen LogP contribution in [0.25, 0.3) is 21.5 Å². The van der Waals surface area contributed by atoms with Crippen molar-refractivity contribution in [2.24, 2.45) is 11.8 Å². The molecule has 2 unspecified atom stereocenters. The van der Waals surface area contributed by atoms with Gasteiger partial charge in [0.05, 0.1) is 0 Å². The van der Waals surface area contributed by atoms with E-state index in [1.165, 1.54) is 225 Å². The smallest absolute Gasteiger partial charge is 0.0448 e. The lowest BCUT2D eigenvalue weighted by Gasteiger charge is -2.37. The largest absolute Gasteiger partial charge is 0.347 e. The minimum atomic E-state index is -0.316. The molecule has 2 atom stereocenters. The Kier molecular flexibility index (Phi) is 16.3. The Balaban J connectivity index is 0.938. The second-order valence-corrected chi connectivity index (χ2v) is 28.7. The van der Waals surface area contributed by atoms with Gasteiger partial charge in [0.2, 0.25) is 0 Å². The Labute approximate surface area is 510 Å². The highest BCUT2D eigenvalue weighted by molar-refractivity contribution is 9.10. The van der Waals surface area contributed by atoms with Crippen LogP contribution >= 0.6 is 31.9 Å². The van der Waals surface area contributed by atoms with Gasteiger partial charge in [0.15, 0.2) is 0 Å². The highest BCUT2D eigenvalue weighted by Gasteiger charge is 2.50. The van der Waals surface area contributed by atoms with Crippen LogP contribution in [0.1, 0.15) is 188 Å². The fourth-order valence-corrected chi connectivity index (χ4v) is 18.3. The van der Waals surface area contributed by atoms with E-state index in [4.69, 9.17) is 13.2 Å². The first-order valence-electron chi connectivity index (χ1n) is 32.0. The summed E-state index contributed by atoms with van der Waals surface area (Å²) in [4.78, 5) is 5.12. The zero-order valence-corrected chi connectivity index (χ0v) is 53.6. The number of anilines is 2. The van der Waals surface area contributed by atoms with Gasteiger partial charge < -0.3 is 9.80 Å². The van der Waals surface area contributed by atoms with Crippen molar-refractivity contribution in [3.05, 3.63) is 223 Å². The van der Waals surface area contributed by atoms with Crippen molar-refractivity contribution in [3.8, 4) is 0 Å². The molecule has 0 saturated heterocycles. The summed E-state index contributed by atoms with van der Waals surface area (Å²) in [5.41, 5.74) is 19.3. The normalized spacial score (nSPS) is 21.8. The fraction of sp³-hybridized carbons (Fsp3) is 0.436. The third-order valence-electron chi connectivity index (χ3n) is 22.1. The van der Waals surface area contributed by atoms with Crippen LogP contribution in [0.3, 0.4) is 0 Å². The van der Waals surface area contributed by atoms with E-state index in [0.29, 0.717) is 11.8 Å². The average Bonchev–Trinajstić information content (AvgIpc) is 2.69. The van der Waals surface area contributed by atoms with Crippen LogP contribution in [0.4, 0.5) is 11.4 Å². The number of benzene rings is 6. The summed E-state index contributed by atoms with van der Waals surface area (Å²) in [5, 5.41) is 5.35. The minimum Gasteiger partial charge on any atom is -0.347 e. The molecule has 426 valence electrons. The lowest BCUT2D eigenvalue weighted by Crippen LogP contribution is -2.29. The van der Waals surface area contributed by atoms with Crippen molar-refractivity contribution >= 4 is 64.8 Å². The van der Waals surface area contributed by atoms with Crippen LogP contribution in [0.5, 0.6) is 0 Å². The molecule has 0 bridgehead atoms. The van der Waals surface area contributed by atoms with Crippen molar-refractivity contribution in [2.45, 2.75) is 191 Å². The van der Waals surface area contributed by atoms with Crippen molar-refractivity contribution in [3.63, 3.8) is 0 Å². The van der Waals surface area contributed by atoms with Gasteiger partial charge in [-0.25, -0.2) is 0 Å². The number of unbranched alkanes of at least 4 members (excludes halogenated alkanes) is 1. The Morgan fingerprint density at radius 1 is 0.512 bits per heavy atom. The topological polar surface area (TPSA) is 6.48 Å². The summed E-state index contributed by atoms with van der Waals surface area (Å²) >= 11 is 7.80. The maximum Gasteiger partial charge on any atom is 0.0448 e. The van der Waals surface area contributed by atoms with Gasteiger partial charge in [0, 0.05) is 67.5 Å². The summed E-state index contributed by atoms with van der Waals surface area (Å²) in [6.07, 6.45) is 37.6. The molecule has 2 spiro atoms. The molecule has 2 nitrogen and oxygen atoms in total. The number of nitrogens with zero attached hydrogens (tertiary/aromatic N) is 2. The van der Waals surface area contributed by atoms with E-state index in [9.17, 15) is 0 Å². The number of hydrogen-bond acceptors (Lipinski definition) is 2. The number of halogens is 2. The second kappa shape index (κ2) is 23.4. The van der Waals surface area contributed by atoms with Crippen LogP contribution in [-0.2, 0) is 21.7 Å². The SMILES string of the molecule is C=C(/C=C(\C=C1N(C)c2ccc(Br)cc2C12CCCC2)C1CCCCC1)C(C)(CCCCC(C)(C(=C)/C=C(/C=C1N(C)c2ccc(Br)cc2C12CCCC2)C1CCCCC1)c1c(C)ccc2ccccc12)c1c(C)ccc2ccccc12. The van der Waals surface area contributed by atoms with Crippen LogP contribution in [-0.4, -0.2) is 14.1 Å². The predicted octanol–water partition coefficient (Wildman–Crippen LogP) is 22.7. The molecule has 0 radical (unpaired) electrons. The predicted molar refractivity (Wildman–Crippen MR) is 360 cm³/mol. The van der Waals surface area contributed by atoms with Gasteiger partial charge in [-0.15, -0.1) is 0 Å². The van der Waals surface area contributed by atoms with E-state index < -0.39 is 0 Å². The zero-order valence-electron chi connectivity index (χ0n) is 50.5. The van der Waals surface area contributed by atoms with Crippen LogP contribution in [0, 0.1) is 25.7 Å². The summed E-state index contributed by atoms with van der Waals surface area (Å²) in [5.74, 6) is 1.04. The number of hydrogen-bond donors (Lipinski definition) is 0. The molecular weight excluding hydrogens is 1120 g/mol. The molecule has 4 heteroatoms. The summed E-state index contributed by atoms with van der Waals surface area (Å²) < 4.78 is 2.37. The Bertz CT molecular complexity index is 3320. The highest BCUT2D eigenvalue weighted by atomic mass is 79.9. The Hall–Kier alpha value is -5.16. The molecule has 6 aliphatic rings. The Morgan fingerprint density at radius 2 is 0.890 bits per heavy atom. The first-order valence-corrected chi connectivity index (χ1v) is 33.6. The molecule has 0 aromatic heterocycles. The lowest BCUT2D eigenvalue weighted by atomic mass is 9.66. The molecule has 6 aromatic carbocycles. The van der Waals surface area contributed by atoms with E-state index in [1.807, 2.05) is 0 Å². The number of aryl methyl sites for hydroxylation is 2. The van der Waals surface area contributed by atoms with Gasteiger partial charge in [0.25, 0.3) is 0 Å². The maximum atomic E-state index is 5.28. The summed E-state index contributed by atoms with van der Waals surface area (Å²) in [6, 6.07) is 41.8. The van der Waals surface area contributed by atoms with Gasteiger partial charge in [-0.1, -0.05) is 221 Å². The first-order chi connectivity index (χ1) is 39.6. The minimum absolute atomic E-state index is 0.0509. The quantitative estimate of drug-likeness (QED) is 0.0747. The van der Waals surface area contributed by atoms with Crippen LogP contribution in [0.15, 0.2) is 189 Å². The van der Waals surface area contributed by atoms with Gasteiger partial charge >= 0.3 is 0 Å². The van der Waals surface area contributed by atoms with E-state index in [-0.39, 0.29) is 21.7 Å². The molecule has 2 heterocycles.